The van der Waals surface area contributed by atoms with Crippen LogP contribution in [0.4, 0.5) is 4.79 Å². The summed E-state index contributed by atoms with van der Waals surface area (Å²) in [5, 5.41) is 2.62. The largest absolute Gasteiger partial charge is 0.351 e. The van der Waals surface area contributed by atoms with Crippen molar-refractivity contribution in [1.82, 2.24) is 10.3 Å². The number of primary amides is 1. The van der Waals surface area contributed by atoms with E-state index in [1.165, 1.54) is 11.8 Å². The number of rotatable bonds is 4. The number of nitrogens with one attached hydrogen (secondary N) is 1. The highest BCUT2D eigenvalue weighted by atomic mass is 35.5. The molecular formula is C11H14ClN3O2S. The smallest absolute Gasteiger partial charge is 0.318 e. The van der Waals surface area contributed by atoms with Crippen molar-refractivity contribution in [2.75, 3.05) is 0 Å². The summed E-state index contributed by atoms with van der Waals surface area (Å²) in [6.45, 7) is 3.74. The maximum Gasteiger partial charge on any atom is 0.318 e. The van der Waals surface area contributed by atoms with Gasteiger partial charge >= 0.3 is 6.03 Å². The number of imide groups is 1. The fourth-order valence-corrected chi connectivity index (χ4v) is 2.50. The first-order valence-corrected chi connectivity index (χ1v) is 6.55. The van der Waals surface area contributed by atoms with Gasteiger partial charge in [-0.3, -0.25) is 10.1 Å². The maximum atomic E-state index is 11.8. The van der Waals surface area contributed by atoms with Crippen LogP contribution in [-0.2, 0) is 4.79 Å². The predicted octanol–water partition coefficient (Wildman–Crippen LogP) is 2.05. The third kappa shape index (κ3) is 4.19. The average molecular weight is 288 g/mol. The van der Waals surface area contributed by atoms with E-state index in [4.69, 9.17) is 17.3 Å². The van der Waals surface area contributed by atoms with Crippen molar-refractivity contribution in [1.29, 1.82) is 0 Å². The van der Waals surface area contributed by atoms with Crippen LogP contribution in [-0.4, -0.2) is 22.2 Å². The molecule has 5 nitrogen and oxygen atoms in total. The Morgan fingerprint density at radius 2 is 2.17 bits per heavy atom. The van der Waals surface area contributed by atoms with Gasteiger partial charge in [0, 0.05) is 6.20 Å². The Bertz CT molecular complexity index is 454. The summed E-state index contributed by atoms with van der Waals surface area (Å²) >= 11 is 7.19. The number of hydrogen-bond acceptors (Lipinski definition) is 4. The van der Waals surface area contributed by atoms with Gasteiger partial charge in [-0.15, -0.1) is 0 Å². The van der Waals surface area contributed by atoms with Crippen LogP contribution in [0.5, 0.6) is 0 Å². The highest BCUT2D eigenvalue weighted by Crippen LogP contribution is 2.31. The van der Waals surface area contributed by atoms with Crippen molar-refractivity contribution >= 4 is 35.3 Å². The molecule has 98 valence electrons. The second-order valence-electron chi connectivity index (χ2n) is 3.93. The third-order valence-electron chi connectivity index (χ3n) is 2.07. The predicted molar refractivity (Wildman–Crippen MR) is 71.5 cm³/mol. The summed E-state index contributed by atoms with van der Waals surface area (Å²) in [7, 11) is 0. The van der Waals surface area contributed by atoms with Gasteiger partial charge < -0.3 is 5.73 Å². The van der Waals surface area contributed by atoms with E-state index in [0.717, 1.165) is 0 Å². The Kier molecular flexibility index (Phi) is 5.43. The number of nitrogens with two attached hydrogens (primary N) is 1. The molecule has 0 aliphatic carbocycles. The van der Waals surface area contributed by atoms with Crippen LogP contribution in [0.15, 0.2) is 23.4 Å². The summed E-state index contributed by atoms with van der Waals surface area (Å²) in [6.07, 6.45) is 1.59. The van der Waals surface area contributed by atoms with E-state index in [1.54, 1.807) is 18.3 Å². The second-order valence-corrected chi connectivity index (χ2v) is 5.46. The lowest BCUT2D eigenvalue weighted by atomic mass is 10.1. The standard InChI is InChI=1S/C11H14ClN3O2S/c1-6(2)8(9(16)15-11(13)17)18-10-7(12)4-3-5-14-10/h3-6,8H,1-2H3,(H3,13,15,16,17). The molecule has 1 atom stereocenters. The van der Waals surface area contributed by atoms with Gasteiger partial charge in [0.1, 0.15) is 5.03 Å². The molecule has 1 aromatic rings. The minimum absolute atomic E-state index is 0.00687. The molecule has 7 heteroatoms. The molecule has 0 bridgehead atoms. The molecule has 1 aromatic heterocycles. The molecule has 1 unspecified atom stereocenters. The monoisotopic (exact) mass is 287 g/mol. The maximum absolute atomic E-state index is 11.8. The van der Waals surface area contributed by atoms with Crippen LogP contribution in [0.25, 0.3) is 0 Å². The van der Waals surface area contributed by atoms with E-state index in [1.807, 2.05) is 13.8 Å². The van der Waals surface area contributed by atoms with E-state index in [2.05, 4.69) is 10.3 Å². The summed E-state index contributed by atoms with van der Waals surface area (Å²) in [6, 6.07) is 2.54. The van der Waals surface area contributed by atoms with Gasteiger partial charge in [0.2, 0.25) is 5.91 Å². The van der Waals surface area contributed by atoms with Crippen LogP contribution in [0.1, 0.15) is 13.8 Å². The number of carbonyl (C=O) groups is 2. The van der Waals surface area contributed by atoms with Gasteiger partial charge in [0.05, 0.1) is 10.3 Å². The van der Waals surface area contributed by atoms with Crippen LogP contribution >= 0.6 is 23.4 Å². The van der Waals surface area contributed by atoms with E-state index in [9.17, 15) is 9.59 Å². The van der Waals surface area contributed by atoms with Crippen molar-refractivity contribution in [2.24, 2.45) is 11.7 Å². The Hall–Kier alpha value is -1.27. The van der Waals surface area contributed by atoms with Crippen molar-refractivity contribution in [3.63, 3.8) is 0 Å². The number of amides is 3. The molecule has 0 aliphatic rings. The quantitative estimate of drug-likeness (QED) is 0.830. The third-order valence-corrected chi connectivity index (χ3v) is 4.05. The normalized spacial score (nSPS) is 12.2. The van der Waals surface area contributed by atoms with E-state index < -0.39 is 17.2 Å². The van der Waals surface area contributed by atoms with Gasteiger partial charge in [-0.05, 0) is 18.1 Å². The highest BCUT2D eigenvalue weighted by molar-refractivity contribution is 8.00. The van der Waals surface area contributed by atoms with Gasteiger partial charge in [0.25, 0.3) is 0 Å². The zero-order chi connectivity index (χ0) is 13.7. The second kappa shape index (κ2) is 6.61. The Morgan fingerprint density at radius 1 is 1.50 bits per heavy atom. The first kappa shape index (κ1) is 14.8. The zero-order valence-corrected chi connectivity index (χ0v) is 11.6. The highest BCUT2D eigenvalue weighted by Gasteiger charge is 2.25. The molecule has 0 saturated carbocycles. The average Bonchev–Trinajstić information content (AvgIpc) is 2.26. The van der Waals surface area contributed by atoms with Gasteiger partial charge in [-0.25, -0.2) is 9.78 Å². The van der Waals surface area contributed by atoms with Crippen LogP contribution < -0.4 is 11.1 Å². The van der Waals surface area contributed by atoms with Gasteiger partial charge in [0.15, 0.2) is 0 Å². The first-order valence-electron chi connectivity index (χ1n) is 5.29. The zero-order valence-electron chi connectivity index (χ0n) is 10.0. The molecular weight excluding hydrogens is 274 g/mol. The molecule has 0 saturated heterocycles. The van der Waals surface area contributed by atoms with Crippen molar-refractivity contribution < 1.29 is 9.59 Å². The number of hydrogen-bond donors (Lipinski definition) is 2. The minimum Gasteiger partial charge on any atom is -0.351 e. The van der Waals surface area contributed by atoms with E-state index in [0.29, 0.717) is 10.0 Å². The molecule has 18 heavy (non-hydrogen) atoms. The van der Waals surface area contributed by atoms with Crippen molar-refractivity contribution in [3.8, 4) is 0 Å². The Morgan fingerprint density at radius 3 is 2.67 bits per heavy atom. The lowest BCUT2D eigenvalue weighted by molar-refractivity contribution is -0.120. The number of nitrogens with zero attached hydrogens (tertiary/aromatic N) is 1. The van der Waals surface area contributed by atoms with Crippen LogP contribution in [0.3, 0.4) is 0 Å². The number of carbonyl (C=O) groups excluding carboxylic acids is 2. The fraction of sp³-hybridized carbons (Fsp3) is 0.364. The summed E-state index contributed by atoms with van der Waals surface area (Å²) in [5.41, 5.74) is 4.93. The lowest BCUT2D eigenvalue weighted by Gasteiger charge is -2.18. The molecule has 3 N–H and O–H groups in total. The number of halogens is 1. The van der Waals surface area contributed by atoms with Crippen LogP contribution in [0, 0.1) is 5.92 Å². The fourth-order valence-electron chi connectivity index (χ4n) is 1.26. The number of urea groups is 1. The molecule has 0 spiro atoms. The lowest BCUT2D eigenvalue weighted by Crippen LogP contribution is -2.42. The molecule has 3 amide bonds. The Labute approximate surface area is 114 Å². The molecule has 0 radical (unpaired) electrons. The Balaban J connectivity index is 2.84. The molecule has 0 aromatic carbocycles. The SMILES string of the molecule is CC(C)C(Sc1ncccc1Cl)C(=O)NC(N)=O. The van der Waals surface area contributed by atoms with Crippen LogP contribution in [0.2, 0.25) is 5.02 Å². The number of aromatic nitrogens is 1. The molecule has 0 fully saturated rings. The minimum atomic E-state index is -0.863. The molecule has 1 rings (SSSR count). The number of pyridine rings is 1. The molecule has 1 heterocycles. The molecule has 0 aliphatic heterocycles. The van der Waals surface area contributed by atoms with E-state index >= 15 is 0 Å². The summed E-state index contributed by atoms with van der Waals surface area (Å²) < 4.78 is 0. The topological polar surface area (TPSA) is 85.1 Å². The first-order chi connectivity index (χ1) is 8.41. The van der Waals surface area contributed by atoms with Crippen molar-refractivity contribution in [3.05, 3.63) is 23.4 Å². The number of thioether (sulfide) groups is 1. The van der Waals surface area contributed by atoms with Gasteiger partial charge in [-0.1, -0.05) is 37.2 Å². The van der Waals surface area contributed by atoms with E-state index in [-0.39, 0.29) is 5.92 Å². The van der Waals surface area contributed by atoms with Crippen molar-refractivity contribution in [2.45, 2.75) is 24.1 Å². The summed E-state index contributed by atoms with van der Waals surface area (Å²) in [4.78, 5) is 26.6. The van der Waals surface area contributed by atoms with Gasteiger partial charge in [-0.2, -0.15) is 0 Å². The summed E-state index contributed by atoms with van der Waals surface area (Å²) in [5.74, 6) is -0.434.